The second kappa shape index (κ2) is 9.14. The van der Waals surface area contributed by atoms with Gasteiger partial charge in [-0.25, -0.2) is 14.0 Å². The van der Waals surface area contributed by atoms with Crippen molar-refractivity contribution in [2.45, 2.75) is 6.54 Å². The lowest BCUT2D eigenvalue weighted by Gasteiger charge is -2.33. The molecule has 1 aliphatic rings. The molecule has 148 valence electrons. The molecule has 3 rings (SSSR count). The molecule has 3 amide bonds. The van der Waals surface area contributed by atoms with E-state index in [1.165, 1.54) is 19.4 Å². The number of pyridine rings is 1. The minimum Gasteiger partial charge on any atom is -0.453 e. The highest BCUT2D eigenvalue weighted by atomic mass is 19.1. The first kappa shape index (κ1) is 19.6. The third-order valence-corrected chi connectivity index (χ3v) is 4.45. The zero-order valence-corrected chi connectivity index (χ0v) is 15.5. The Kier molecular flexibility index (Phi) is 6.38. The van der Waals surface area contributed by atoms with E-state index >= 15 is 0 Å². The summed E-state index contributed by atoms with van der Waals surface area (Å²) in [7, 11) is 1.35. The Morgan fingerprint density at radius 2 is 1.93 bits per heavy atom. The Morgan fingerprint density at radius 1 is 1.14 bits per heavy atom. The van der Waals surface area contributed by atoms with E-state index in [0.29, 0.717) is 44.0 Å². The van der Waals surface area contributed by atoms with Crippen LogP contribution in [-0.2, 0) is 11.3 Å². The van der Waals surface area contributed by atoms with Crippen LogP contribution in [0.1, 0.15) is 5.56 Å². The number of anilines is 2. The average Bonchev–Trinajstić information content (AvgIpc) is 2.71. The number of urea groups is 1. The molecule has 0 aliphatic carbocycles. The highest BCUT2D eigenvalue weighted by Gasteiger charge is 2.22. The van der Waals surface area contributed by atoms with Gasteiger partial charge in [-0.3, -0.25) is 9.88 Å². The number of nitrogens with one attached hydrogen (secondary N) is 2. The number of methoxy groups -OCH3 is 1. The van der Waals surface area contributed by atoms with E-state index < -0.39 is 11.8 Å². The smallest absolute Gasteiger partial charge is 0.409 e. The number of amides is 3. The fourth-order valence-corrected chi connectivity index (χ4v) is 2.98. The molecule has 2 N–H and O–H groups in total. The van der Waals surface area contributed by atoms with Gasteiger partial charge in [0.25, 0.3) is 0 Å². The lowest BCUT2D eigenvalue weighted by Crippen LogP contribution is -2.48. The molecule has 1 aliphatic heterocycles. The predicted octanol–water partition coefficient (Wildman–Crippen LogP) is 2.75. The van der Waals surface area contributed by atoms with Crippen molar-refractivity contribution in [1.29, 1.82) is 0 Å². The molecule has 1 fully saturated rings. The predicted molar refractivity (Wildman–Crippen MR) is 103 cm³/mol. The maximum atomic E-state index is 14.8. The number of aromatic nitrogens is 1. The molecule has 0 atom stereocenters. The van der Waals surface area contributed by atoms with Gasteiger partial charge in [-0.15, -0.1) is 0 Å². The maximum Gasteiger partial charge on any atom is 0.409 e. The number of carbonyl (C=O) groups excluding carboxylic acids is 2. The molecule has 2 heterocycles. The van der Waals surface area contributed by atoms with Crippen molar-refractivity contribution in [3.8, 4) is 0 Å². The molecule has 28 heavy (non-hydrogen) atoms. The largest absolute Gasteiger partial charge is 0.453 e. The molecule has 1 aromatic carbocycles. The monoisotopic (exact) mass is 387 g/mol. The Bertz CT molecular complexity index is 826. The summed E-state index contributed by atoms with van der Waals surface area (Å²) in [5.41, 5.74) is 1.10. The van der Waals surface area contributed by atoms with Crippen LogP contribution in [0.3, 0.4) is 0 Å². The molecule has 1 aromatic heterocycles. The van der Waals surface area contributed by atoms with E-state index in [1.807, 2.05) is 0 Å². The highest BCUT2D eigenvalue weighted by Crippen LogP contribution is 2.20. The Hall–Kier alpha value is -3.20. The Balaban J connectivity index is 1.59. The zero-order chi connectivity index (χ0) is 19.9. The Morgan fingerprint density at radius 3 is 2.61 bits per heavy atom. The van der Waals surface area contributed by atoms with Crippen molar-refractivity contribution in [2.24, 2.45) is 0 Å². The fraction of sp³-hybridized carbons (Fsp3) is 0.316. The lowest BCUT2D eigenvalue weighted by atomic mass is 10.1. The molecule has 9 heteroatoms. The van der Waals surface area contributed by atoms with E-state index in [0.717, 1.165) is 0 Å². The van der Waals surface area contributed by atoms with E-state index in [2.05, 4.69) is 20.5 Å². The molecular weight excluding hydrogens is 365 g/mol. The number of hydrogen-bond acceptors (Lipinski definition) is 5. The highest BCUT2D eigenvalue weighted by molar-refractivity contribution is 5.99. The van der Waals surface area contributed by atoms with Crippen molar-refractivity contribution in [2.75, 3.05) is 43.9 Å². The third-order valence-electron chi connectivity index (χ3n) is 4.45. The van der Waals surface area contributed by atoms with Crippen LogP contribution in [0.2, 0.25) is 0 Å². The Labute approximate surface area is 162 Å². The summed E-state index contributed by atoms with van der Waals surface area (Å²) in [5, 5.41) is 5.13. The van der Waals surface area contributed by atoms with E-state index in [1.54, 1.807) is 35.4 Å². The van der Waals surface area contributed by atoms with Crippen molar-refractivity contribution >= 4 is 23.5 Å². The summed E-state index contributed by atoms with van der Waals surface area (Å²) in [6, 6.07) is 7.73. The van der Waals surface area contributed by atoms with Crippen LogP contribution in [0.25, 0.3) is 0 Å². The zero-order valence-electron chi connectivity index (χ0n) is 15.5. The first-order chi connectivity index (χ1) is 13.6. The summed E-state index contributed by atoms with van der Waals surface area (Å²) < 4.78 is 19.5. The summed E-state index contributed by atoms with van der Waals surface area (Å²) in [5.74, 6) is -0.473. The average molecular weight is 387 g/mol. The van der Waals surface area contributed by atoms with Crippen LogP contribution in [0.5, 0.6) is 0 Å². The number of hydrogen-bond donors (Lipinski definition) is 2. The summed E-state index contributed by atoms with van der Waals surface area (Å²) in [4.78, 5) is 31.2. The van der Waals surface area contributed by atoms with Gasteiger partial charge in [-0.05, 0) is 18.2 Å². The number of piperazine rings is 1. The molecule has 8 nitrogen and oxygen atoms in total. The fourth-order valence-electron chi connectivity index (χ4n) is 2.98. The second-order valence-corrected chi connectivity index (χ2v) is 6.33. The van der Waals surface area contributed by atoms with Crippen molar-refractivity contribution in [3.05, 3.63) is 54.1 Å². The van der Waals surface area contributed by atoms with Gasteiger partial charge < -0.3 is 20.3 Å². The SMILES string of the molecule is COC(=O)N1CCN(Cc2cccc(NC(=O)Nc3cccnc3)c2F)CC1. The van der Waals surface area contributed by atoms with Gasteiger partial charge >= 0.3 is 12.1 Å². The minimum absolute atomic E-state index is 0.104. The van der Waals surface area contributed by atoms with Crippen LogP contribution in [0.4, 0.5) is 25.4 Å². The number of halogens is 1. The normalized spacial score (nSPS) is 14.4. The van der Waals surface area contributed by atoms with Gasteiger partial charge in [0.2, 0.25) is 0 Å². The third kappa shape index (κ3) is 4.95. The molecule has 0 unspecified atom stereocenters. The summed E-state index contributed by atoms with van der Waals surface area (Å²) in [6.45, 7) is 2.68. The maximum absolute atomic E-state index is 14.8. The van der Waals surface area contributed by atoms with Crippen LogP contribution < -0.4 is 10.6 Å². The van der Waals surface area contributed by atoms with Crippen LogP contribution in [-0.4, -0.2) is 60.2 Å². The van der Waals surface area contributed by atoms with Gasteiger partial charge in [0.05, 0.1) is 24.7 Å². The number of rotatable bonds is 4. The summed E-state index contributed by atoms with van der Waals surface area (Å²) >= 11 is 0. The molecule has 0 saturated carbocycles. The van der Waals surface area contributed by atoms with Gasteiger partial charge in [0, 0.05) is 44.5 Å². The first-order valence-electron chi connectivity index (χ1n) is 8.87. The molecule has 0 bridgehead atoms. The van der Waals surface area contributed by atoms with Crippen molar-refractivity contribution < 1.29 is 18.7 Å². The van der Waals surface area contributed by atoms with Crippen LogP contribution in [0, 0.1) is 5.82 Å². The van der Waals surface area contributed by atoms with E-state index in [-0.39, 0.29) is 11.8 Å². The van der Waals surface area contributed by atoms with Crippen molar-refractivity contribution in [3.63, 3.8) is 0 Å². The quantitative estimate of drug-likeness (QED) is 0.842. The first-order valence-corrected chi connectivity index (χ1v) is 8.87. The van der Waals surface area contributed by atoms with Crippen molar-refractivity contribution in [1.82, 2.24) is 14.8 Å². The standard InChI is InChI=1S/C19H22FN5O3/c1-28-19(27)25-10-8-24(9-11-25)13-14-4-2-6-16(17(14)20)23-18(26)22-15-5-3-7-21-12-15/h2-7,12H,8-11,13H2,1H3,(H2,22,23,26). The van der Waals surface area contributed by atoms with Crippen LogP contribution in [0.15, 0.2) is 42.7 Å². The number of benzene rings is 1. The summed E-state index contributed by atoms with van der Waals surface area (Å²) in [6.07, 6.45) is 2.74. The number of nitrogens with zero attached hydrogens (tertiary/aromatic N) is 3. The van der Waals surface area contributed by atoms with Gasteiger partial charge in [-0.1, -0.05) is 12.1 Å². The van der Waals surface area contributed by atoms with Crippen LogP contribution >= 0.6 is 0 Å². The second-order valence-electron chi connectivity index (χ2n) is 6.33. The van der Waals surface area contributed by atoms with Gasteiger partial charge in [0.1, 0.15) is 0 Å². The van der Waals surface area contributed by atoms with E-state index in [9.17, 15) is 14.0 Å². The molecule has 2 aromatic rings. The number of carbonyl (C=O) groups is 2. The number of ether oxygens (including phenoxy) is 1. The van der Waals surface area contributed by atoms with Gasteiger partial charge in [-0.2, -0.15) is 0 Å². The minimum atomic E-state index is -0.546. The molecule has 0 radical (unpaired) electrons. The topological polar surface area (TPSA) is 86.8 Å². The molecule has 0 spiro atoms. The van der Waals surface area contributed by atoms with Gasteiger partial charge in [0.15, 0.2) is 5.82 Å². The van der Waals surface area contributed by atoms with E-state index in [4.69, 9.17) is 4.74 Å². The molecule has 1 saturated heterocycles. The lowest BCUT2D eigenvalue weighted by molar-refractivity contribution is 0.0885. The molecular formula is C19H22FN5O3.